The van der Waals surface area contributed by atoms with Crippen molar-refractivity contribution in [3.8, 4) is 0 Å². The van der Waals surface area contributed by atoms with Crippen molar-refractivity contribution in [2.75, 3.05) is 6.54 Å². The van der Waals surface area contributed by atoms with Crippen molar-refractivity contribution < 1.29 is 19.5 Å². The second kappa shape index (κ2) is 9.55. The molecule has 0 aromatic rings. The van der Waals surface area contributed by atoms with E-state index in [9.17, 15) is 14.4 Å². The van der Waals surface area contributed by atoms with Crippen LogP contribution in [0.1, 0.15) is 26.7 Å². The Kier molecular flexibility index (Phi) is 8.53. The molecule has 0 aliphatic carbocycles. The van der Waals surface area contributed by atoms with Gasteiger partial charge in [-0.1, -0.05) is 0 Å². The molecule has 22 heavy (non-hydrogen) atoms. The predicted octanol–water partition coefficient (Wildman–Crippen LogP) is -2.54. The standard InChI is InChI=1S/C12H24N6O4/c1-6(9(19)18-7(2)11(21)22)17-10(20)8(13)4-3-5-16-12(14)15/h6-8H,3-5,13H2,1-2H3,(H,17,20)(H,18,19)(H,21,22)(H4,14,15,16)/t6-,7-,8-/m0/s1. The molecule has 0 unspecified atom stereocenters. The lowest BCUT2D eigenvalue weighted by Crippen LogP contribution is -2.52. The van der Waals surface area contributed by atoms with Crippen molar-refractivity contribution >= 4 is 23.7 Å². The molecule has 10 nitrogen and oxygen atoms in total. The number of carbonyl (C=O) groups is 3. The van der Waals surface area contributed by atoms with Crippen molar-refractivity contribution in [3.05, 3.63) is 0 Å². The van der Waals surface area contributed by atoms with Crippen LogP contribution >= 0.6 is 0 Å². The third-order valence-corrected chi connectivity index (χ3v) is 2.79. The second-order valence-electron chi connectivity index (χ2n) is 4.85. The molecule has 0 spiro atoms. The molecule has 0 aromatic carbocycles. The highest BCUT2D eigenvalue weighted by Gasteiger charge is 2.22. The number of aliphatic imine (C=N–C) groups is 1. The number of guanidine groups is 1. The highest BCUT2D eigenvalue weighted by atomic mass is 16.4. The molecule has 2 amide bonds. The molecule has 0 aliphatic rings. The van der Waals surface area contributed by atoms with Gasteiger partial charge in [0.05, 0.1) is 6.04 Å². The summed E-state index contributed by atoms with van der Waals surface area (Å²) in [5, 5.41) is 13.4. The highest BCUT2D eigenvalue weighted by molar-refractivity contribution is 5.91. The van der Waals surface area contributed by atoms with Crippen molar-refractivity contribution in [2.45, 2.75) is 44.8 Å². The first kappa shape index (κ1) is 19.6. The van der Waals surface area contributed by atoms with E-state index in [-0.39, 0.29) is 5.96 Å². The Balaban J connectivity index is 4.19. The van der Waals surface area contributed by atoms with E-state index in [4.69, 9.17) is 22.3 Å². The Morgan fingerprint density at radius 3 is 2.14 bits per heavy atom. The Labute approximate surface area is 128 Å². The molecule has 0 saturated carbocycles. The van der Waals surface area contributed by atoms with Gasteiger partial charge in [0.1, 0.15) is 12.1 Å². The molecule has 9 N–H and O–H groups in total. The van der Waals surface area contributed by atoms with E-state index < -0.39 is 35.9 Å². The Hall–Kier alpha value is -2.36. The van der Waals surface area contributed by atoms with Crippen LogP contribution in [0.2, 0.25) is 0 Å². The van der Waals surface area contributed by atoms with Crippen LogP contribution < -0.4 is 27.8 Å². The van der Waals surface area contributed by atoms with E-state index in [1.165, 1.54) is 13.8 Å². The smallest absolute Gasteiger partial charge is 0.325 e. The van der Waals surface area contributed by atoms with Gasteiger partial charge in [-0.15, -0.1) is 0 Å². The molecule has 0 saturated heterocycles. The maximum absolute atomic E-state index is 11.8. The molecule has 0 radical (unpaired) electrons. The average molecular weight is 316 g/mol. The topological polar surface area (TPSA) is 186 Å². The fourth-order valence-electron chi connectivity index (χ4n) is 1.44. The van der Waals surface area contributed by atoms with E-state index in [1.807, 2.05) is 0 Å². The maximum Gasteiger partial charge on any atom is 0.325 e. The summed E-state index contributed by atoms with van der Waals surface area (Å²) in [4.78, 5) is 37.9. The highest BCUT2D eigenvalue weighted by Crippen LogP contribution is 1.97. The number of nitrogens with one attached hydrogen (secondary N) is 2. The molecule has 0 fully saturated rings. The van der Waals surface area contributed by atoms with Crippen molar-refractivity contribution in [1.82, 2.24) is 10.6 Å². The fourth-order valence-corrected chi connectivity index (χ4v) is 1.44. The number of hydrogen-bond acceptors (Lipinski definition) is 5. The summed E-state index contributed by atoms with van der Waals surface area (Å²) < 4.78 is 0. The van der Waals surface area contributed by atoms with Crippen LogP contribution in [0, 0.1) is 0 Å². The zero-order valence-corrected chi connectivity index (χ0v) is 12.7. The molecule has 0 rings (SSSR count). The number of aliphatic carboxylic acids is 1. The summed E-state index contributed by atoms with van der Waals surface area (Å²) in [5.41, 5.74) is 16.0. The summed E-state index contributed by atoms with van der Waals surface area (Å²) in [5.74, 6) is -2.30. The third kappa shape index (κ3) is 8.04. The van der Waals surface area contributed by atoms with E-state index >= 15 is 0 Å². The average Bonchev–Trinajstić information content (AvgIpc) is 2.42. The Morgan fingerprint density at radius 1 is 1.09 bits per heavy atom. The summed E-state index contributed by atoms with van der Waals surface area (Å²) in [6.07, 6.45) is 0.867. The zero-order chi connectivity index (χ0) is 17.3. The first-order valence-electron chi connectivity index (χ1n) is 6.79. The van der Waals surface area contributed by atoms with Gasteiger partial charge in [0.25, 0.3) is 0 Å². The van der Waals surface area contributed by atoms with Crippen LogP contribution in [0.3, 0.4) is 0 Å². The predicted molar refractivity (Wildman–Crippen MR) is 80.7 cm³/mol. The van der Waals surface area contributed by atoms with Crippen LogP contribution in [-0.2, 0) is 14.4 Å². The van der Waals surface area contributed by atoms with Gasteiger partial charge in [-0.25, -0.2) is 0 Å². The van der Waals surface area contributed by atoms with Crippen LogP contribution in [0.15, 0.2) is 4.99 Å². The third-order valence-electron chi connectivity index (χ3n) is 2.79. The van der Waals surface area contributed by atoms with Gasteiger partial charge >= 0.3 is 5.97 Å². The number of hydrogen-bond donors (Lipinski definition) is 6. The minimum Gasteiger partial charge on any atom is -0.480 e. The molecule has 0 heterocycles. The normalized spacial score (nSPS) is 14.3. The van der Waals surface area contributed by atoms with Gasteiger partial charge in [0.2, 0.25) is 11.8 Å². The zero-order valence-electron chi connectivity index (χ0n) is 12.7. The first-order chi connectivity index (χ1) is 10.1. The molecule has 0 bridgehead atoms. The molecular formula is C12H24N6O4. The monoisotopic (exact) mass is 316 g/mol. The van der Waals surface area contributed by atoms with E-state index in [0.29, 0.717) is 19.4 Å². The van der Waals surface area contributed by atoms with Gasteiger partial charge in [0, 0.05) is 6.54 Å². The van der Waals surface area contributed by atoms with E-state index in [2.05, 4.69) is 15.6 Å². The van der Waals surface area contributed by atoms with Gasteiger partial charge in [-0.3, -0.25) is 19.4 Å². The lowest BCUT2D eigenvalue weighted by atomic mass is 10.1. The number of nitrogens with two attached hydrogens (primary N) is 3. The number of carboxylic acids is 1. The largest absolute Gasteiger partial charge is 0.480 e. The number of carbonyl (C=O) groups excluding carboxylic acids is 2. The van der Waals surface area contributed by atoms with Crippen LogP contribution in [0.25, 0.3) is 0 Å². The van der Waals surface area contributed by atoms with Crippen LogP contribution in [-0.4, -0.2) is 53.5 Å². The summed E-state index contributed by atoms with van der Waals surface area (Å²) in [6, 6.07) is -2.74. The molecular weight excluding hydrogens is 292 g/mol. The number of amides is 2. The van der Waals surface area contributed by atoms with Crippen molar-refractivity contribution in [3.63, 3.8) is 0 Å². The van der Waals surface area contributed by atoms with Crippen molar-refractivity contribution in [1.29, 1.82) is 0 Å². The molecule has 10 heteroatoms. The van der Waals surface area contributed by atoms with Crippen molar-refractivity contribution in [2.24, 2.45) is 22.2 Å². The summed E-state index contributed by atoms with van der Waals surface area (Å²) in [7, 11) is 0. The quantitative estimate of drug-likeness (QED) is 0.153. The van der Waals surface area contributed by atoms with E-state index in [0.717, 1.165) is 0 Å². The van der Waals surface area contributed by atoms with Gasteiger partial charge < -0.3 is 32.9 Å². The van der Waals surface area contributed by atoms with Crippen LogP contribution in [0.5, 0.6) is 0 Å². The number of nitrogens with zero attached hydrogens (tertiary/aromatic N) is 1. The maximum atomic E-state index is 11.8. The SMILES string of the molecule is C[C@H](NC(=O)[C@H](C)NC(=O)[C@@H](N)CCCN=C(N)N)C(=O)O. The van der Waals surface area contributed by atoms with E-state index in [1.54, 1.807) is 0 Å². The van der Waals surface area contributed by atoms with Crippen LogP contribution in [0.4, 0.5) is 0 Å². The van der Waals surface area contributed by atoms with Gasteiger partial charge in [-0.2, -0.15) is 0 Å². The molecule has 126 valence electrons. The van der Waals surface area contributed by atoms with Gasteiger partial charge in [0.15, 0.2) is 5.96 Å². The van der Waals surface area contributed by atoms with Gasteiger partial charge in [-0.05, 0) is 26.7 Å². The minimum atomic E-state index is -1.16. The Morgan fingerprint density at radius 2 is 1.64 bits per heavy atom. The summed E-state index contributed by atoms with van der Waals surface area (Å²) in [6.45, 7) is 3.12. The number of rotatable bonds is 9. The molecule has 3 atom stereocenters. The number of carboxylic acid groups (broad SMARTS) is 1. The molecule has 0 aromatic heterocycles. The second-order valence-corrected chi connectivity index (χ2v) is 4.85. The summed E-state index contributed by atoms with van der Waals surface area (Å²) >= 11 is 0. The Bertz CT molecular complexity index is 435. The lowest BCUT2D eigenvalue weighted by Gasteiger charge is -2.18. The first-order valence-corrected chi connectivity index (χ1v) is 6.79. The lowest BCUT2D eigenvalue weighted by molar-refractivity contribution is -0.141. The minimum absolute atomic E-state index is 0.0316. The fraction of sp³-hybridized carbons (Fsp3) is 0.667. The molecule has 0 aliphatic heterocycles.